The summed E-state index contributed by atoms with van der Waals surface area (Å²) in [5.74, 6) is 0. The fraction of sp³-hybridized carbons (Fsp3) is 0.538. The molecule has 96 valence electrons. The fourth-order valence-electron chi connectivity index (χ4n) is 1.30. The largest absolute Gasteiger partial charge is 0.378 e. The van der Waals surface area contributed by atoms with Crippen molar-refractivity contribution in [3.63, 3.8) is 0 Å². The third kappa shape index (κ3) is 6.26. The maximum Gasteiger partial charge on any atom is 0.0661 e. The van der Waals surface area contributed by atoms with Gasteiger partial charge in [-0.25, -0.2) is 5.43 Å². The van der Waals surface area contributed by atoms with Gasteiger partial charge in [0, 0.05) is 12.2 Å². The Balaban J connectivity index is 2.24. The van der Waals surface area contributed by atoms with Crippen LogP contribution in [0.15, 0.2) is 30.3 Å². The summed E-state index contributed by atoms with van der Waals surface area (Å²) in [6.45, 7) is 6.47. The molecule has 1 rings (SSSR count). The Kier molecular flexibility index (Phi) is 5.97. The lowest BCUT2D eigenvalue weighted by Crippen LogP contribution is -2.47. The zero-order valence-electron chi connectivity index (χ0n) is 10.9. The Morgan fingerprint density at radius 3 is 2.53 bits per heavy atom. The Morgan fingerprint density at radius 1 is 1.18 bits per heavy atom. The lowest BCUT2D eigenvalue weighted by atomic mass is 10.1. The number of anilines is 1. The van der Waals surface area contributed by atoms with Gasteiger partial charge in [-0.1, -0.05) is 18.2 Å². The van der Waals surface area contributed by atoms with Gasteiger partial charge < -0.3 is 15.5 Å². The summed E-state index contributed by atoms with van der Waals surface area (Å²) in [5.41, 5.74) is 7.38. The summed E-state index contributed by atoms with van der Waals surface area (Å²) in [7, 11) is 1.92. The normalized spacial score (nSPS) is 11.5. The zero-order chi connectivity index (χ0) is 12.6. The van der Waals surface area contributed by atoms with E-state index < -0.39 is 0 Å². The van der Waals surface area contributed by atoms with Crippen LogP contribution in [0.5, 0.6) is 0 Å². The standard InChI is InChI=1S/C13H23N3O/c1-13(2,11-17-10-9-14-3)16-15-12-7-5-4-6-8-12/h4-8,14-16H,9-11H2,1-3H3. The van der Waals surface area contributed by atoms with Gasteiger partial charge in [0.05, 0.1) is 18.8 Å². The van der Waals surface area contributed by atoms with Crippen molar-refractivity contribution in [3.05, 3.63) is 30.3 Å². The van der Waals surface area contributed by atoms with Crippen LogP contribution in [0.25, 0.3) is 0 Å². The molecule has 17 heavy (non-hydrogen) atoms. The summed E-state index contributed by atoms with van der Waals surface area (Å²) >= 11 is 0. The molecule has 0 saturated heterocycles. The molecule has 3 N–H and O–H groups in total. The minimum absolute atomic E-state index is 0.108. The molecular weight excluding hydrogens is 214 g/mol. The van der Waals surface area contributed by atoms with Crippen LogP contribution >= 0.6 is 0 Å². The molecule has 4 heteroatoms. The second-order valence-corrected chi connectivity index (χ2v) is 4.66. The third-order valence-electron chi connectivity index (χ3n) is 2.28. The molecule has 0 aliphatic heterocycles. The Hall–Kier alpha value is -1.10. The van der Waals surface area contributed by atoms with Crippen molar-refractivity contribution >= 4 is 5.69 Å². The van der Waals surface area contributed by atoms with E-state index in [4.69, 9.17) is 4.74 Å². The van der Waals surface area contributed by atoms with Crippen molar-refractivity contribution in [3.8, 4) is 0 Å². The Morgan fingerprint density at radius 2 is 1.88 bits per heavy atom. The highest BCUT2D eigenvalue weighted by Gasteiger charge is 2.16. The topological polar surface area (TPSA) is 45.3 Å². The molecule has 0 atom stereocenters. The molecule has 0 aromatic heterocycles. The van der Waals surface area contributed by atoms with E-state index in [-0.39, 0.29) is 5.54 Å². The van der Waals surface area contributed by atoms with Gasteiger partial charge >= 0.3 is 0 Å². The number of hydrogen-bond acceptors (Lipinski definition) is 4. The lowest BCUT2D eigenvalue weighted by Gasteiger charge is -2.27. The molecule has 0 bridgehead atoms. The second-order valence-electron chi connectivity index (χ2n) is 4.66. The maximum absolute atomic E-state index is 5.56. The first-order chi connectivity index (χ1) is 8.14. The molecule has 0 heterocycles. The molecule has 1 aromatic carbocycles. The first kappa shape index (κ1) is 14.0. The van der Waals surface area contributed by atoms with Gasteiger partial charge in [0.1, 0.15) is 0 Å². The molecule has 0 amide bonds. The summed E-state index contributed by atoms with van der Waals surface area (Å²) in [6, 6.07) is 10.0. The zero-order valence-corrected chi connectivity index (χ0v) is 10.9. The summed E-state index contributed by atoms with van der Waals surface area (Å²) < 4.78 is 5.56. The molecule has 0 fully saturated rings. The fourth-order valence-corrected chi connectivity index (χ4v) is 1.30. The van der Waals surface area contributed by atoms with Gasteiger partial charge in [-0.15, -0.1) is 0 Å². The number of hydrogen-bond donors (Lipinski definition) is 3. The Labute approximate surface area is 104 Å². The van der Waals surface area contributed by atoms with Crippen LogP contribution in [0.4, 0.5) is 5.69 Å². The molecule has 1 aromatic rings. The molecule has 4 nitrogen and oxygen atoms in total. The van der Waals surface area contributed by atoms with Crippen LogP contribution in [0, 0.1) is 0 Å². The number of hydrazine groups is 1. The first-order valence-electron chi connectivity index (χ1n) is 5.95. The summed E-state index contributed by atoms with van der Waals surface area (Å²) in [5, 5.41) is 3.05. The van der Waals surface area contributed by atoms with E-state index in [0.29, 0.717) is 6.61 Å². The van der Waals surface area contributed by atoms with E-state index in [2.05, 4.69) is 30.0 Å². The van der Waals surface area contributed by atoms with Crippen molar-refractivity contribution in [2.45, 2.75) is 19.4 Å². The van der Waals surface area contributed by atoms with Crippen molar-refractivity contribution in [2.75, 3.05) is 32.2 Å². The predicted octanol–water partition coefficient (Wildman–Crippen LogP) is 1.62. The highest BCUT2D eigenvalue weighted by Crippen LogP contribution is 2.07. The molecule has 0 saturated carbocycles. The second kappa shape index (κ2) is 7.27. The first-order valence-corrected chi connectivity index (χ1v) is 5.95. The number of para-hydroxylation sites is 1. The molecule has 0 radical (unpaired) electrons. The molecular formula is C13H23N3O. The predicted molar refractivity (Wildman–Crippen MR) is 72.0 cm³/mol. The van der Waals surface area contributed by atoms with Gasteiger partial charge in [0.2, 0.25) is 0 Å². The van der Waals surface area contributed by atoms with Crippen LogP contribution in [0.3, 0.4) is 0 Å². The SMILES string of the molecule is CNCCOCC(C)(C)NNc1ccccc1. The van der Waals surface area contributed by atoms with Crippen LogP contribution in [-0.2, 0) is 4.74 Å². The summed E-state index contributed by atoms with van der Waals surface area (Å²) in [4.78, 5) is 0. The molecule has 0 unspecified atom stereocenters. The van der Waals surface area contributed by atoms with E-state index >= 15 is 0 Å². The number of ether oxygens (including phenoxy) is 1. The van der Waals surface area contributed by atoms with Crippen molar-refractivity contribution in [1.82, 2.24) is 10.7 Å². The van der Waals surface area contributed by atoms with E-state index in [1.54, 1.807) is 0 Å². The average Bonchev–Trinajstić information content (AvgIpc) is 2.34. The van der Waals surface area contributed by atoms with Crippen LogP contribution in [0.2, 0.25) is 0 Å². The smallest absolute Gasteiger partial charge is 0.0661 e. The van der Waals surface area contributed by atoms with Gasteiger partial charge in [0.25, 0.3) is 0 Å². The van der Waals surface area contributed by atoms with Gasteiger partial charge in [-0.3, -0.25) is 0 Å². The number of likely N-dealkylation sites (N-methyl/N-ethyl adjacent to an activating group) is 1. The van der Waals surface area contributed by atoms with E-state index in [9.17, 15) is 0 Å². The minimum atomic E-state index is -0.108. The van der Waals surface area contributed by atoms with Crippen molar-refractivity contribution < 1.29 is 4.74 Å². The molecule has 0 aliphatic rings. The Bertz CT molecular complexity index is 301. The third-order valence-corrected chi connectivity index (χ3v) is 2.28. The van der Waals surface area contributed by atoms with Crippen molar-refractivity contribution in [1.29, 1.82) is 0 Å². The lowest BCUT2D eigenvalue weighted by molar-refractivity contribution is 0.0882. The maximum atomic E-state index is 5.56. The molecule has 0 aliphatic carbocycles. The quantitative estimate of drug-likeness (QED) is 0.475. The van der Waals surface area contributed by atoms with Crippen LogP contribution in [0.1, 0.15) is 13.8 Å². The van der Waals surface area contributed by atoms with Gasteiger partial charge in [-0.05, 0) is 33.0 Å². The highest BCUT2D eigenvalue weighted by atomic mass is 16.5. The minimum Gasteiger partial charge on any atom is -0.378 e. The van der Waals surface area contributed by atoms with Crippen LogP contribution < -0.4 is 16.2 Å². The number of benzene rings is 1. The average molecular weight is 237 g/mol. The monoisotopic (exact) mass is 237 g/mol. The summed E-state index contributed by atoms with van der Waals surface area (Å²) in [6.07, 6.45) is 0. The highest BCUT2D eigenvalue weighted by molar-refractivity contribution is 5.41. The van der Waals surface area contributed by atoms with Gasteiger partial charge in [-0.2, -0.15) is 0 Å². The van der Waals surface area contributed by atoms with E-state index in [1.165, 1.54) is 0 Å². The van der Waals surface area contributed by atoms with E-state index in [0.717, 1.165) is 18.8 Å². The van der Waals surface area contributed by atoms with Crippen LogP contribution in [-0.4, -0.2) is 32.3 Å². The number of rotatable bonds is 8. The van der Waals surface area contributed by atoms with Gasteiger partial charge in [0.15, 0.2) is 0 Å². The molecule has 0 spiro atoms. The number of nitrogens with one attached hydrogen (secondary N) is 3. The van der Waals surface area contributed by atoms with E-state index in [1.807, 2.05) is 37.4 Å². The van der Waals surface area contributed by atoms with Crippen molar-refractivity contribution in [2.24, 2.45) is 0 Å².